The van der Waals surface area contributed by atoms with E-state index >= 15 is 0 Å². The molecule has 2 unspecified atom stereocenters. The van der Waals surface area contributed by atoms with Crippen LogP contribution in [-0.4, -0.2) is 23.8 Å². The number of benzene rings is 3. The summed E-state index contributed by atoms with van der Waals surface area (Å²) in [5.41, 5.74) is 5.51. The van der Waals surface area contributed by atoms with Crippen LogP contribution in [0.1, 0.15) is 37.3 Å². The Morgan fingerprint density at radius 2 is 1.77 bits per heavy atom. The highest BCUT2D eigenvalue weighted by Crippen LogP contribution is 2.50. The second-order valence-electron chi connectivity index (χ2n) is 9.02. The molecule has 1 fully saturated rings. The summed E-state index contributed by atoms with van der Waals surface area (Å²) >= 11 is 1.32. The fourth-order valence-electron chi connectivity index (χ4n) is 5.47. The van der Waals surface area contributed by atoms with Gasteiger partial charge in [0.1, 0.15) is 5.75 Å². The first kappa shape index (κ1) is 23.4. The van der Waals surface area contributed by atoms with Crippen molar-refractivity contribution in [1.29, 1.82) is 0 Å². The number of carbonyl (C=O) groups is 2. The van der Waals surface area contributed by atoms with Gasteiger partial charge >= 0.3 is 0 Å². The molecule has 4 heteroatoms. The molecule has 0 amide bonds. The maximum absolute atomic E-state index is 14.0. The van der Waals surface area contributed by atoms with Gasteiger partial charge in [-0.3, -0.25) is 9.59 Å². The Labute approximate surface area is 210 Å². The number of rotatable bonds is 5. The van der Waals surface area contributed by atoms with Crippen molar-refractivity contribution in [3.8, 4) is 5.75 Å². The smallest absolute Gasteiger partial charge is 0.216 e. The first-order valence-electron chi connectivity index (χ1n) is 12.0. The maximum atomic E-state index is 14.0. The minimum Gasteiger partial charge on any atom is -0.496 e. The number of methoxy groups -OCH3 is 1. The third kappa shape index (κ3) is 4.17. The molecular weight excluding hydrogens is 452 g/mol. The Balaban J connectivity index is 1.64. The quantitative estimate of drug-likeness (QED) is 0.364. The van der Waals surface area contributed by atoms with Gasteiger partial charge in [0.25, 0.3) is 0 Å². The van der Waals surface area contributed by atoms with E-state index in [2.05, 4.69) is 18.2 Å². The maximum Gasteiger partial charge on any atom is 0.216 e. The molecule has 0 spiro atoms. The number of hydrogen-bond acceptors (Lipinski definition) is 4. The van der Waals surface area contributed by atoms with E-state index in [1.165, 1.54) is 11.8 Å². The monoisotopic (exact) mass is 480 g/mol. The van der Waals surface area contributed by atoms with Crippen LogP contribution in [0.4, 0.5) is 0 Å². The molecular formula is C31H28O3S. The van der Waals surface area contributed by atoms with Gasteiger partial charge in [0.2, 0.25) is 5.12 Å². The van der Waals surface area contributed by atoms with E-state index in [9.17, 15) is 9.59 Å². The van der Waals surface area contributed by atoms with Crippen LogP contribution in [-0.2, 0) is 9.59 Å². The SMILES string of the molecule is CCSC(=O)C1=C(C)C=C2C/C(=C/c3c(OC)ccc4ccccc34)C(=O)C2C1c1ccccc1. The topological polar surface area (TPSA) is 43.4 Å². The number of fused-ring (bicyclic) bond motifs is 2. The van der Waals surface area contributed by atoms with Gasteiger partial charge in [-0.1, -0.05) is 91.0 Å². The standard InChI is InChI=1S/C31H28O3S/c1-4-35-31(33)27-19(2)16-22-17-23(30(32)29(22)28(27)21-11-6-5-7-12-21)18-25-24-13-9-8-10-20(24)14-15-26(25)34-3/h5-16,18,28-29H,4,17H2,1-3H3/b23-18-. The fourth-order valence-corrected chi connectivity index (χ4v) is 6.18. The Hall–Kier alpha value is -3.37. The molecule has 2 aliphatic rings. The lowest BCUT2D eigenvalue weighted by Gasteiger charge is -2.30. The summed E-state index contributed by atoms with van der Waals surface area (Å²) < 4.78 is 5.67. The summed E-state index contributed by atoms with van der Waals surface area (Å²) in [5.74, 6) is 0.926. The molecule has 0 aromatic heterocycles. The molecule has 0 aliphatic heterocycles. The molecule has 3 aromatic rings. The molecule has 2 atom stereocenters. The van der Waals surface area contributed by atoms with Crippen LogP contribution in [0.25, 0.3) is 16.8 Å². The highest BCUT2D eigenvalue weighted by atomic mass is 32.2. The molecule has 5 rings (SSSR count). The van der Waals surface area contributed by atoms with Crippen LogP contribution in [0.3, 0.4) is 0 Å². The van der Waals surface area contributed by atoms with E-state index in [-0.39, 0.29) is 22.7 Å². The van der Waals surface area contributed by atoms with Crippen LogP contribution in [0.2, 0.25) is 0 Å². The van der Waals surface area contributed by atoms with E-state index in [1.807, 2.05) is 74.5 Å². The van der Waals surface area contributed by atoms with Gasteiger partial charge in [0.05, 0.1) is 13.0 Å². The first-order chi connectivity index (χ1) is 17.0. The molecule has 0 bridgehead atoms. The van der Waals surface area contributed by atoms with Gasteiger partial charge in [0, 0.05) is 22.6 Å². The van der Waals surface area contributed by atoms with Gasteiger partial charge < -0.3 is 4.74 Å². The summed E-state index contributed by atoms with van der Waals surface area (Å²) in [6, 6.07) is 22.1. The Morgan fingerprint density at radius 3 is 2.51 bits per heavy atom. The van der Waals surface area contributed by atoms with Crippen molar-refractivity contribution in [2.75, 3.05) is 12.9 Å². The highest BCUT2D eigenvalue weighted by molar-refractivity contribution is 8.14. The number of Topliss-reactive ketones (excluding diaryl/α,β-unsaturated/α-hetero) is 1. The molecule has 1 saturated carbocycles. The summed E-state index contributed by atoms with van der Waals surface area (Å²) in [6.07, 6.45) is 4.66. The van der Waals surface area contributed by atoms with Crippen molar-refractivity contribution in [3.63, 3.8) is 0 Å². The molecule has 176 valence electrons. The number of carbonyl (C=O) groups excluding carboxylic acids is 2. The summed E-state index contributed by atoms with van der Waals surface area (Å²) in [5, 5.41) is 2.22. The van der Waals surface area contributed by atoms with Crippen molar-refractivity contribution in [1.82, 2.24) is 0 Å². The Bertz CT molecular complexity index is 1410. The average Bonchev–Trinajstić information content (AvgIpc) is 3.18. The van der Waals surface area contributed by atoms with Crippen molar-refractivity contribution in [3.05, 3.63) is 106 Å². The average molecular weight is 481 g/mol. The van der Waals surface area contributed by atoms with Gasteiger partial charge in [0.15, 0.2) is 5.78 Å². The lowest BCUT2D eigenvalue weighted by atomic mass is 9.72. The molecule has 0 N–H and O–H groups in total. The van der Waals surface area contributed by atoms with Crippen molar-refractivity contribution < 1.29 is 14.3 Å². The molecule has 3 aromatic carbocycles. The zero-order chi connectivity index (χ0) is 24.5. The van der Waals surface area contributed by atoms with Crippen LogP contribution in [0.15, 0.2) is 95.1 Å². The minimum absolute atomic E-state index is 0.0649. The van der Waals surface area contributed by atoms with Crippen LogP contribution in [0.5, 0.6) is 5.75 Å². The predicted octanol–water partition coefficient (Wildman–Crippen LogP) is 7.14. The molecule has 0 saturated heterocycles. The molecule has 3 nitrogen and oxygen atoms in total. The third-order valence-corrected chi connectivity index (χ3v) is 7.76. The van der Waals surface area contributed by atoms with E-state index in [1.54, 1.807) is 7.11 Å². The minimum atomic E-state index is -0.357. The molecule has 35 heavy (non-hydrogen) atoms. The van der Waals surface area contributed by atoms with E-state index in [0.29, 0.717) is 12.2 Å². The predicted molar refractivity (Wildman–Crippen MR) is 145 cm³/mol. The number of ether oxygens (including phenoxy) is 1. The van der Waals surface area contributed by atoms with Crippen molar-refractivity contribution in [2.24, 2.45) is 5.92 Å². The number of ketones is 1. The Morgan fingerprint density at radius 1 is 1.03 bits per heavy atom. The summed E-state index contributed by atoms with van der Waals surface area (Å²) in [6.45, 7) is 3.99. The lowest BCUT2D eigenvalue weighted by molar-refractivity contribution is -0.117. The van der Waals surface area contributed by atoms with Gasteiger partial charge in [-0.05, 0) is 53.1 Å². The van der Waals surface area contributed by atoms with E-state index < -0.39 is 0 Å². The second-order valence-corrected chi connectivity index (χ2v) is 10.3. The summed E-state index contributed by atoms with van der Waals surface area (Å²) in [7, 11) is 1.66. The first-order valence-corrected chi connectivity index (χ1v) is 13.0. The molecule has 0 radical (unpaired) electrons. The molecule has 0 heterocycles. The van der Waals surface area contributed by atoms with E-state index in [0.717, 1.165) is 49.9 Å². The van der Waals surface area contributed by atoms with E-state index in [4.69, 9.17) is 4.74 Å². The third-order valence-electron chi connectivity index (χ3n) is 6.99. The van der Waals surface area contributed by atoms with Crippen LogP contribution < -0.4 is 4.74 Å². The number of thioether (sulfide) groups is 1. The lowest BCUT2D eigenvalue weighted by Crippen LogP contribution is -2.27. The summed E-state index contributed by atoms with van der Waals surface area (Å²) in [4.78, 5) is 27.2. The van der Waals surface area contributed by atoms with Crippen LogP contribution >= 0.6 is 11.8 Å². The van der Waals surface area contributed by atoms with Crippen molar-refractivity contribution >= 4 is 39.5 Å². The van der Waals surface area contributed by atoms with Gasteiger partial charge in [-0.15, -0.1) is 0 Å². The normalized spacial score (nSPS) is 20.8. The zero-order valence-electron chi connectivity index (χ0n) is 20.2. The van der Waals surface area contributed by atoms with Gasteiger partial charge in [-0.2, -0.15) is 0 Å². The van der Waals surface area contributed by atoms with Crippen molar-refractivity contribution in [2.45, 2.75) is 26.2 Å². The largest absolute Gasteiger partial charge is 0.496 e. The number of hydrogen-bond donors (Lipinski definition) is 0. The highest BCUT2D eigenvalue weighted by Gasteiger charge is 2.45. The fraction of sp³-hybridized carbons (Fsp3) is 0.226. The van der Waals surface area contributed by atoms with Gasteiger partial charge in [-0.25, -0.2) is 0 Å². The second kappa shape index (κ2) is 9.71. The van der Waals surface area contributed by atoms with Crippen LogP contribution in [0, 0.1) is 5.92 Å². The molecule has 2 aliphatic carbocycles. The zero-order valence-corrected chi connectivity index (χ0v) is 21.0. The Kier molecular flexibility index (Phi) is 6.48. The number of allylic oxidation sites excluding steroid dienone is 4.